The van der Waals surface area contributed by atoms with Gasteiger partial charge in [-0.1, -0.05) is 17.7 Å². The predicted octanol–water partition coefficient (Wildman–Crippen LogP) is 4.73. The van der Waals surface area contributed by atoms with Gasteiger partial charge in [0.25, 0.3) is 5.91 Å². The Labute approximate surface area is 163 Å². The van der Waals surface area contributed by atoms with Crippen molar-refractivity contribution in [3.63, 3.8) is 0 Å². The van der Waals surface area contributed by atoms with Gasteiger partial charge in [-0.3, -0.25) is 4.79 Å². The maximum absolute atomic E-state index is 12.8. The summed E-state index contributed by atoms with van der Waals surface area (Å²) in [6, 6.07) is 13.1. The number of anilines is 3. The summed E-state index contributed by atoms with van der Waals surface area (Å²) in [5.41, 5.74) is 5.43. The second kappa shape index (κ2) is 7.23. The highest BCUT2D eigenvalue weighted by atomic mass is 16.7. The summed E-state index contributed by atoms with van der Waals surface area (Å²) in [6.07, 6.45) is 1.61. The Morgan fingerprint density at radius 1 is 0.964 bits per heavy atom. The first-order valence-corrected chi connectivity index (χ1v) is 9.01. The van der Waals surface area contributed by atoms with Gasteiger partial charge in [-0.25, -0.2) is 4.98 Å². The van der Waals surface area contributed by atoms with Gasteiger partial charge in [0.15, 0.2) is 11.5 Å². The minimum atomic E-state index is -0.175. The van der Waals surface area contributed by atoms with Crippen molar-refractivity contribution in [3.05, 3.63) is 70.9 Å². The number of carbonyl (C=O) groups is 1. The third kappa shape index (κ3) is 3.62. The summed E-state index contributed by atoms with van der Waals surface area (Å²) in [5, 5.41) is 6.21. The first kappa shape index (κ1) is 17.9. The zero-order chi connectivity index (χ0) is 19.7. The van der Waals surface area contributed by atoms with E-state index < -0.39 is 0 Å². The van der Waals surface area contributed by atoms with Crippen molar-refractivity contribution in [1.82, 2.24) is 4.98 Å². The van der Waals surface area contributed by atoms with E-state index in [-0.39, 0.29) is 12.7 Å². The lowest BCUT2D eigenvalue weighted by Gasteiger charge is -2.13. The summed E-state index contributed by atoms with van der Waals surface area (Å²) in [6.45, 7) is 6.26. The van der Waals surface area contributed by atoms with Crippen molar-refractivity contribution in [3.8, 4) is 11.5 Å². The van der Waals surface area contributed by atoms with Crippen LogP contribution >= 0.6 is 0 Å². The molecular weight excluding hydrogens is 354 g/mol. The normalized spacial score (nSPS) is 12.0. The number of ether oxygens (including phenoxy) is 2. The molecular formula is C22H21N3O3. The molecule has 0 saturated carbocycles. The Hall–Kier alpha value is -3.54. The van der Waals surface area contributed by atoms with Gasteiger partial charge in [-0.05, 0) is 56.2 Å². The minimum Gasteiger partial charge on any atom is -0.454 e. The van der Waals surface area contributed by atoms with Crippen LogP contribution in [0.5, 0.6) is 11.5 Å². The zero-order valence-corrected chi connectivity index (χ0v) is 16.0. The molecule has 4 rings (SSSR count). The van der Waals surface area contributed by atoms with Gasteiger partial charge >= 0.3 is 0 Å². The van der Waals surface area contributed by atoms with Crippen molar-refractivity contribution < 1.29 is 14.3 Å². The van der Waals surface area contributed by atoms with E-state index in [9.17, 15) is 4.79 Å². The van der Waals surface area contributed by atoms with E-state index in [1.54, 1.807) is 18.3 Å². The lowest BCUT2D eigenvalue weighted by Crippen LogP contribution is -2.14. The first-order valence-electron chi connectivity index (χ1n) is 9.01. The van der Waals surface area contributed by atoms with Gasteiger partial charge in [0.2, 0.25) is 6.79 Å². The molecule has 1 aliphatic heterocycles. The second-order valence-corrected chi connectivity index (χ2v) is 6.85. The predicted molar refractivity (Wildman–Crippen MR) is 109 cm³/mol. The van der Waals surface area contributed by atoms with Crippen molar-refractivity contribution in [2.75, 3.05) is 17.4 Å². The maximum Gasteiger partial charge on any atom is 0.255 e. The SMILES string of the molecule is Cc1cc(C)c(NC(=O)c2ccnc(Nc3ccc4c(c3)OCO4)c2)c(C)c1. The average Bonchev–Trinajstić information content (AvgIpc) is 3.12. The molecule has 28 heavy (non-hydrogen) atoms. The largest absolute Gasteiger partial charge is 0.454 e. The Morgan fingerprint density at radius 2 is 1.71 bits per heavy atom. The maximum atomic E-state index is 12.8. The number of rotatable bonds is 4. The summed E-state index contributed by atoms with van der Waals surface area (Å²) >= 11 is 0. The molecule has 0 bridgehead atoms. The fourth-order valence-corrected chi connectivity index (χ4v) is 3.33. The van der Waals surface area contributed by atoms with Crippen molar-refractivity contribution in [2.24, 2.45) is 0 Å². The third-order valence-corrected chi connectivity index (χ3v) is 4.58. The van der Waals surface area contributed by atoms with Crippen LogP contribution in [0.1, 0.15) is 27.0 Å². The van der Waals surface area contributed by atoms with Crippen molar-refractivity contribution in [2.45, 2.75) is 20.8 Å². The van der Waals surface area contributed by atoms with Crippen LogP contribution in [-0.2, 0) is 0 Å². The Morgan fingerprint density at radius 3 is 2.50 bits per heavy atom. The summed E-state index contributed by atoms with van der Waals surface area (Å²) < 4.78 is 10.7. The quantitative estimate of drug-likeness (QED) is 0.690. The zero-order valence-electron chi connectivity index (χ0n) is 16.0. The monoisotopic (exact) mass is 375 g/mol. The fraction of sp³-hybridized carbons (Fsp3) is 0.182. The van der Waals surface area contributed by atoms with Crippen LogP contribution in [-0.4, -0.2) is 17.7 Å². The van der Waals surface area contributed by atoms with E-state index in [1.165, 1.54) is 5.56 Å². The average molecular weight is 375 g/mol. The van der Waals surface area contributed by atoms with Gasteiger partial charge in [0, 0.05) is 29.2 Å². The Balaban J connectivity index is 1.53. The molecule has 142 valence electrons. The highest BCUT2D eigenvalue weighted by Gasteiger charge is 2.14. The van der Waals surface area contributed by atoms with E-state index in [4.69, 9.17) is 9.47 Å². The highest BCUT2D eigenvalue weighted by molar-refractivity contribution is 6.05. The number of aromatic nitrogens is 1. The highest BCUT2D eigenvalue weighted by Crippen LogP contribution is 2.35. The Kier molecular flexibility index (Phi) is 4.61. The standard InChI is InChI=1S/C22H21N3O3/c1-13-8-14(2)21(15(3)9-13)25-22(26)16-6-7-23-20(10-16)24-17-4-5-18-19(11-17)28-12-27-18/h4-11H,12H2,1-3H3,(H,23,24)(H,25,26). The number of hydrogen-bond donors (Lipinski definition) is 2. The van der Waals surface area contributed by atoms with Crippen LogP contribution in [0.2, 0.25) is 0 Å². The molecule has 0 fully saturated rings. The van der Waals surface area contributed by atoms with Crippen LogP contribution in [0, 0.1) is 20.8 Å². The topological polar surface area (TPSA) is 72.5 Å². The molecule has 0 unspecified atom stereocenters. The smallest absolute Gasteiger partial charge is 0.255 e. The van der Waals surface area contributed by atoms with E-state index in [1.807, 2.05) is 39.0 Å². The van der Waals surface area contributed by atoms with Gasteiger partial charge in [-0.15, -0.1) is 0 Å². The molecule has 3 aromatic rings. The molecule has 0 spiro atoms. The molecule has 0 radical (unpaired) electrons. The number of carbonyl (C=O) groups excluding carboxylic acids is 1. The molecule has 6 nitrogen and oxygen atoms in total. The molecule has 1 aliphatic rings. The fourth-order valence-electron chi connectivity index (χ4n) is 3.33. The molecule has 1 amide bonds. The third-order valence-electron chi connectivity index (χ3n) is 4.58. The van der Waals surface area contributed by atoms with Crippen LogP contribution in [0.15, 0.2) is 48.7 Å². The van der Waals surface area contributed by atoms with Crippen LogP contribution in [0.3, 0.4) is 0 Å². The number of hydrogen-bond acceptors (Lipinski definition) is 5. The number of nitrogens with one attached hydrogen (secondary N) is 2. The summed E-state index contributed by atoms with van der Waals surface area (Å²) in [7, 11) is 0. The van der Waals surface area contributed by atoms with Crippen molar-refractivity contribution in [1.29, 1.82) is 0 Å². The van der Waals surface area contributed by atoms with Gasteiger partial charge in [0.1, 0.15) is 5.82 Å². The van der Waals surface area contributed by atoms with E-state index in [0.717, 1.165) is 28.3 Å². The minimum absolute atomic E-state index is 0.175. The molecule has 0 saturated heterocycles. The molecule has 0 aliphatic carbocycles. The van der Waals surface area contributed by atoms with E-state index >= 15 is 0 Å². The van der Waals surface area contributed by atoms with E-state index in [2.05, 4.69) is 27.8 Å². The summed E-state index contributed by atoms with van der Waals surface area (Å²) in [4.78, 5) is 17.1. The number of aryl methyl sites for hydroxylation is 3. The van der Waals surface area contributed by atoms with Gasteiger partial charge < -0.3 is 20.1 Å². The van der Waals surface area contributed by atoms with Gasteiger partial charge in [-0.2, -0.15) is 0 Å². The molecule has 6 heteroatoms. The number of pyridine rings is 1. The summed E-state index contributed by atoms with van der Waals surface area (Å²) in [5.74, 6) is 1.80. The number of benzene rings is 2. The molecule has 2 aromatic carbocycles. The number of fused-ring (bicyclic) bond motifs is 1. The molecule has 1 aromatic heterocycles. The molecule has 2 heterocycles. The van der Waals surface area contributed by atoms with Gasteiger partial charge in [0.05, 0.1) is 0 Å². The van der Waals surface area contributed by atoms with E-state index in [0.29, 0.717) is 17.1 Å². The lowest BCUT2D eigenvalue weighted by atomic mass is 10.0. The lowest BCUT2D eigenvalue weighted by molar-refractivity contribution is 0.102. The molecule has 0 atom stereocenters. The van der Waals surface area contributed by atoms with Crippen LogP contribution < -0.4 is 20.1 Å². The van der Waals surface area contributed by atoms with Crippen molar-refractivity contribution >= 4 is 23.1 Å². The molecule has 2 N–H and O–H groups in total. The first-order chi connectivity index (χ1) is 13.5. The number of nitrogens with zero attached hydrogens (tertiary/aromatic N) is 1. The van der Waals surface area contributed by atoms with Crippen LogP contribution in [0.25, 0.3) is 0 Å². The second-order valence-electron chi connectivity index (χ2n) is 6.85. The Bertz CT molecular complexity index is 1040. The number of amides is 1. The van der Waals surface area contributed by atoms with Crippen LogP contribution in [0.4, 0.5) is 17.2 Å².